The molecule has 1 N–H and O–H groups in total. The number of benzene rings is 2. The molecule has 1 heteroatoms. The fourth-order valence-corrected chi connectivity index (χ4v) is 2.70. The van der Waals surface area contributed by atoms with Gasteiger partial charge in [-0.15, -0.1) is 0 Å². The molecule has 2 aromatic rings. The van der Waals surface area contributed by atoms with Crippen LogP contribution in [0.4, 0.5) is 0 Å². The predicted molar refractivity (Wildman–Crippen MR) is 88.8 cm³/mol. The monoisotopic (exact) mass is 274 g/mol. The zero-order valence-corrected chi connectivity index (χ0v) is 12.1. The molecule has 2 aromatic carbocycles. The van der Waals surface area contributed by atoms with Gasteiger partial charge in [0.25, 0.3) is 0 Å². The number of aliphatic hydroxyl groups excluding tert-OH is 1. The summed E-state index contributed by atoms with van der Waals surface area (Å²) in [6.45, 7) is 2.08. The second kappa shape index (κ2) is 5.84. The predicted octanol–water partition coefficient (Wildman–Crippen LogP) is 5.39. The second-order valence-electron chi connectivity index (χ2n) is 5.24. The number of allylic oxidation sites excluding steroid dienone is 4. The van der Waals surface area contributed by atoms with Crippen LogP contribution in [0.25, 0.3) is 11.6 Å². The molecule has 1 nitrogen and oxygen atoms in total. The normalized spacial score (nSPS) is 17.0. The molecule has 0 saturated heterocycles. The molecular weight excluding hydrogens is 256 g/mol. The maximum absolute atomic E-state index is 10.3. The summed E-state index contributed by atoms with van der Waals surface area (Å²) in [5.74, 6) is 0.379. The average molecular weight is 274 g/mol. The Kier molecular flexibility index (Phi) is 3.74. The van der Waals surface area contributed by atoms with Crippen LogP contribution >= 0.6 is 0 Å². The van der Waals surface area contributed by atoms with E-state index in [-0.39, 0.29) is 0 Å². The lowest BCUT2D eigenvalue weighted by molar-refractivity contribution is 0.433. The van der Waals surface area contributed by atoms with Gasteiger partial charge in [-0.25, -0.2) is 0 Å². The van der Waals surface area contributed by atoms with E-state index in [9.17, 15) is 5.11 Å². The third-order valence-electron chi connectivity index (χ3n) is 3.83. The molecule has 1 aliphatic carbocycles. The lowest BCUT2D eigenvalue weighted by Crippen LogP contribution is -2.01. The van der Waals surface area contributed by atoms with Crippen LogP contribution in [0.5, 0.6) is 0 Å². The summed E-state index contributed by atoms with van der Waals surface area (Å²) in [6.07, 6.45) is 4.86. The van der Waals surface area contributed by atoms with E-state index in [1.165, 1.54) is 11.1 Å². The number of aliphatic hydroxyl groups is 1. The van der Waals surface area contributed by atoms with E-state index < -0.39 is 0 Å². The highest BCUT2D eigenvalue weighted by molar-refractivity contribution is 5.85. The van der Waals surface area contributed by atoms with Crippen molar-refractivity contribution in [1.82, 2.24) is 0 Å². The van der Waals surface area contributed by atoms with Crippen molar-refractivity contribution in [3.63, 3.8) is 0 Å². The van der Waals surface area contributed by atoms with Crippen molar-refractivity contribution in [2.45, 2.75) is 13.3 Å². The van der Waals surface area contributed by atoms with Gasteiger partial charge in [-0.1, -0.05) is 66.7 Å². The summed E-state index contributed by atoms with van der Waals surface area (Å²) in [5, 5.41) is 10.3. The summed E-state index contributed by atoms with van der Waals surface area (Å²) < 4.78 is 0. The smallest absolute Gasteiger partial charge is 0.120 e. The highest BCUT2D eigenvalue weighted by Gasteiger charge is 2.17. The van der Waals surface area contributed by atoms with E-state index in [0.717, 1.165) is 23.1 Å². The van der Waals surface area contributed by atoms with Crippen LogP contribution in [0.15, 0.2) is 83.6 Å². The molecule has 0 saturated carbocycles. The summed E-state index contributed by atoms with van der Waals surface area (Å²) in [6, 6.07) is 20.4. The molecule has 3 rings (SSSR count). The van der Waals surface area contributed by atoms with Crippen molar-refractivity contribution in [2.24, 2.45) is 0 Å². The molecule has 0 bridgehead atoms. The SMILES string of the molecule is CC1=C(c2ccccc2)C(O)=CC/C1=C\c1ccccc1. The lowest BCUT2D eigenvalue weighted by Gasteiger charge is -2.19. The largest absolute Gasteiger partial charge is 0.508 e. The fourth-order valence-electron chi connectivity index (χ4n) is 2.70. The average Bonchev–Trinajstić information content (AvgIpc) is 2.52. The van der Waals surface area contributed by atoms with Crippen molar-refractivity contribution < 1.29 is 5.11 Å². The van der Waals surface area contributed by atoms with Crippen LogP contribution in [-0.4, -0.2) is 5.11 Å². The van der Waals surface area contributed by atoms with Crippen LogP contribution in [0, 0.1) is 0 Å². The van der Waals surface area contributed by atoms with E-state index in [2.05, 4.69) is 25.1 Å². The van der Waals surface area contributed by atoms with E-state index in [1.54, 1.807) is 0 Å². The number of hydrogen-bond acceptors (Lipinski definition) is 1. The highest BCUT2D eigenvalue weighted by atomic mass is 16.3. The third kappa shape index (κ3) is 2.82. The molecule has 0 spiro atoms. The fraction of sp³-hybridized carbons (Fsp3) is 0.100. The molecule has 0 fully saturated rings. The van der Waals surface area contributed by atoms with Gasteiger partial charge in [0, 0.05) is 5.57 Å². The van der Waals surface area contributed by atoms with Crippen LogP contribution in [0.2, 0.25) is 0 Å². The maximum atomic E-state index is 10.3. The van der Waals surface area contributed by atoms with Gasteiger partial charge in [-0.2, -0.15) is 0 Å². The first-order chi connectivity index (χ1) is 10.3. The van der Waals surface area contributed by atoms with Crippen LogP contribution < -0.4 is 0 Å². The zero-order chi connectivity index (χ0) is 14.7. The Morgan fingerprint density at radius 2 is 1.52 bits per heavy atom. The van der Waals surface area contributed by atoms with Crippen molar-refractivity contribution in [3.8, 4) is 0 Å². The van der Waals surface area contributed by atoms with E-state index in [1.807, 2.05) is 54.6 Å². The molecule has 0 aliphatic heterocycles. The first-order valence-electron chi connectivity index (χ1n) is 7.17. The minimum Gasteiger partial charge on any atom is -0.508 e. The summed E-state index contributed by atoms with van der Waals surface area (Å²) >= 11 is 0. The Hall–Kier alpha value is -2.54. The Morgan fingerprint density at radius 3 is 2.19 bits per heavy atom. The van der Waals surface area contributed by atoms with Crippen molar-refractivity contribution >= 4 is 11.6 Å². The van der Waals surface area contributed by atoms with Crippen LogP contribution in [0.3, 0.4) is 0 Å². The van der Waals surface area contributed by atoms with Crippen molar-refractivity contribution in [1.29, 1.82) is 0 Å². The van der Waals surface area contributed by atoms with Gasteiger partial charge in [0.15, 0.2) is 0 Å². The third-order valence-corrected chi connectivity index (χ3v) is 3.83. The first-order valence-corrected chi connectivity index (χ1v) is 7.17. The summed E-state index contributed by atoms with van der Waals surface area (Å²) in [7, 11) is 0. The standard InChI is InChI=1S/C20H18O/c1-15-18(14-16-8-4-2-5-9-16)12-13-19(21)20(15)17-10-6-3-7-11-17/h2-11,13-14,21H,12H2,1H3/b18-14+. The molecule has 0 heterocycles. The molecule has 0 radical (unpaired) electrons. The zero-order valence-electron chi connectivity index (χ0n) is 12.1. The van der Waals surface area contributed by atoms with Gasteiger partial charge < -0.3 is 5.11 Å². The van der Waals surface area contributed by atoms with Crippen LogP contribution in [-0.2, 0) is 0 Å². The Bertz CT molecular complexity index is 719. The molecule has 0 atom stereocenters. The second-order valence-corrected chi connectivity index (χ2v) is 5.24. The van der Waals surface area contributed by atoms with Gasteiger partial charge in [-0.3, -0.25) is 0 Å². The van der Waals surface area contributed by atoms with Crippen LogP contribution in [0.1, 0.15) is 24.5 Å². The minimum atomic E-state index is 0.379. The quantitative estimate of drug-likeness (QED) is 0.778. The first kappa shape index (κ1) is 13.4. The summed E-state index contributed by atoms with van der Waals surface area (Å²) in [5.41, 5.74) is 5.57. The molecule has 104 valence electrons. The molecule has 0 unspecified atom stereocenters. The highest BCUT2D eigenvalue weighted by Crippen LogP contribution is 2.35. The molecule has 21 heavy (non-hydrogen) atoms. The lowest BCUT2D eigenvalue weighted by atomic mass is 9.87. The molecule has 1 aliphatic rings. The van der Waals surface area contributed by atoms with Gasteiger partial charge in [0.2, 0.25) is 0 Å². The van der Waals surface area contributed by atoms with Gasteiger partial charge >= 0.3 is 0 Å². The topological polar surface area (TPSA) is 20.2 Å². The van der Waals surface area contributed by atoms with Crippen molar-refractivity contribution in [3.05, 3.63) is 94.8 Å². The van der Waals surface area contributed by atoms with Crippen molar-refractivity contribution in [2.75, 3.05) is 0 Å². The molecule has 0 aromatic heterocycles. The summed E-state index contributed by atoms with van der Waals surface area (Å²) in [4.78, 5) is 0. The Balaban J connectivity index is 2.07. The molecule has 0 amide bonds. The van der Waals surface area contributed by atoms with E-state index >= 15 is 0 Å². The van der Waals surface area contributed by atoms with Gasteiger partial charge in [0.1, 0.15) is 5.76 Å². The molecular formula is C20H18O. The van der Waals surface area contributed by atoms with E-state index in [0.29, 0.717) is 5.76 Å². The maximum Gasteiger partial charge on any atom is 0.120 e. The Labute approximate surface area is 125 Å². The Morgan fingerprint density at radius 1 is 0.905 bits per heavy atom. The van der Waals surface area contributed by atoms with Gasteiger partial charge in [-0.05, 0) is 41.7 Å². The minimum absolute atomic E-state index is 0.379. The van der Waals surface area contributed by atoms with Gasteiger partial charge in [0.05, 0.1) is 0 Å². The number of hydrogen-bond donors (Lipinski definition) is 1. The van der Waals surface area contributed by atoms with E-state index in [4.69, 9.17) is 0 Å². The number of rotatable bonds is 2.